The highest BCUT2D eigenvalue weighted by Gasteiger charge is 2.17. The van der Waals surface area contributed by atoms with Crippen molar-refractivity contribution in [3.8, 4) is 10.6 Å². The lowest BCUT2D eigenvalue weighted by Crippen LogP contribution is -2.33. The molecular weight excluding hydrogens is 408 g/mol. The molecule has 0 radical (unpaired) electrons. The van der Waals surface area contributed by atoms with Gasteiger partial charge in [0.05, 0.1) is 18.7 Å². The van der Waals surface area contributed by atoms with Crippen LogP contribution in [0, 0.1) is 6.92 Å². The summed E-state index contributed by atoms with van der Waals surface area (Å²) in [6, 6.07) is 24.7. The van der Waals surface area contributed by atoms with E-state index < -0.39 is 0 Å². The number of nitrogens with zero attached hydrogens (tertiary/aromatic N) is 2. The second-order valence-electron chi connectivity index (χ2n) is 7.25. The molecule has 0 N–H and O–H groups in total. The van der Waals surface area contributed by atoms with Gasteiger partial charge in [0.1, 0.15) is 5.01 Å². The minimum atomic E-state index is 0.127. The Kier molecular flexibility index (Phi) is 6.72. The average molecular weight is 433 g/mol. The molecule has 0 bridgehead atoms. The molecule has 0 saturated heterocycles. The van der Waals surface area contributed by atoms with E-state index in [-0.39, 0.29) is 5.91 Å². The highest BCUT2D eigenvalue weighted by Crippen LogP contribution is 2.24. The van der Waals surface area contributed by atoms with Gasteiger partial charge < -0.3 is 4.90 Å². The SMILES string of the molecule is Cc1ccc(CN(CCc2ccccc2)C(=O)Cc2csc(-c3ccccc3)n2)s1. The second-order valence-corrected chi connectivity index (χ2v) is 9.48. The van der Waals surface area contributed by atoms with Crippen LogP contribution in [0.4, 0.5) is 0 Å². The molecule has 0 aliphatic heterocycles. The molecule has 0 spiro atoms. The number of carbonyl (C=O) groups is 1. The van der Waals surface area contributed by atoms with Crippen molar-refractivity contribution in [3.63, 3.8) is 0 Å². The standard InChI is InChI=1S/C25H24N2OS2/c1-19-12-13-23(30-19)17-27(15-14-20-8-4-2-5-9-20)24(28)16-22-18-29-25(26-22)21-10-6-3-7-11-21/h2-13,18H,14-17H2,1H3. The molecule has 2 aromatic carbocycles. The van der Waals surface area contributed by atoms with Crippen molar-refractivity contribution < 1.29 is 4.79 Å². The van der Waals surface area contributed by atoms with Gasteiger partial charge >= 0.3 is 0 Å². The zero-order valence-electron chi connectivity index (χ0n) is 17.0. The third-order valence-corrected chi connectivity index (χ3v) is 6.84. The summed E-state index contributed by atoms with van der Waals surface area (Å²) < 4.78 is 0. The lowest BCUT2D eigenvalue weighted by Gasteiger charge is -2.22. The summed E-state index contributed by atoms with van der Waals surface area (Å²) in [6.45, 7) is 3.46. The summed E-state index contributed by atoms with van der Waals surface area (Å²) in [7, 11) is 0. The second kappa shape index (κ2) is 9.83. The van der Waals surface area contributed by atoms with Gasteiger partial charge in [0.2, 0.25) is 5.91 Å². The molecule has 0 saturated carbocycles. The molecule has 0 aliphatic rings. The average Bonchev–Trinajstić information content (AvgIpc) is 3.41. The molecule has 2 aromatic heterocycles. The number of aromatic nitrogens is 1. The number of rotatable bonds is 8. The van der Waals surface area contributed by atoms with E-state index in [0.717, 1.165) is 22.7 Å². The van der Waals surface area contributed by atoms with Crippen molar-refractivity contribution in [1.82, 2.24) is 9.88 Å². The Balaban J connectivity index is 1.46. The van der Waals surface area contributed by atoms with Crippen LogP contribution in [0.1, 0.15) is 21.0 Å². The Morgan fingerprint density at radius 3 is 2.40 bits per heavy atom. The molecule has 4 rings (SSSR count). The fourth-order valence-corrected chi connectivity index (χ4v) is 5.06. The summed E-state index contributed by atoms with van der Waals surface area (Å²) in [6.07, 6.45) is 1.19. The number of hydrogen-bond donors (Lipinski definition) is 0. The summed E-state index contributed by atoms with van der Waals surface area (Å²) in [5.41, 5.74) is 3.19. The first-order chi connectivity index (χ1) is 14.7. The number of benzene rings is 2. The predicted octanol–water partition coefficient (Wildman–Crippen LogP) is 5.99. The molecule has 0 fully saturated rings. The lowest BCUT2D eigenvalue weighted by atomic mass is 10.1. The van der Waals surface area contributed by atoms with Crippen molar-refractivity contribution in [2.45, 2.75) is 26.3 Å². The molecule has 0 unspecified atom stereocenters. The van der Waals surface area contributed by atoms with Gasteiger partial charge in [-0.2, -0.15) is 0 Å². The number of aryl methyl sites for hydroxylation is 1. The first kappa shape index (κ1) is 20.5. The quantitative estimate of drug-likeness (QED) is 0.342. The van der Waals surface area contributed by atoms with Gasteiger partial charge in [-0.15, -0.1) is 22.7 Å². The van der Waals surface area contributed by atoms with Gasteiger partial charge in [-0.05, 0) is 31.0 Å². The van der Waals surface area contributed by atoms with E-state index in [4.69, 9.17) is 4.98 Å². The Bertz CT molecular complexity index is 1090. The Morgan fingerprint density at radius 1 is 0.967 bits per heavy atom. The smallest absolute Gasteiger partial charge is 0.228 e. The summed E-state index contributed by atoms with van der Waals surface area (Å²) >= 11 is 3.35. The van der Waals surface area contributed by atoms with Crippen LogP contribution in [0.25, 0.3) is 10.6 Å². The van der Waals surface area contributed by atoms with Crippen molar-refractivity contribution in [2.75, 3.05) is 6.54 Å². The van der Waals surface area contributed by atoms with E-state index in [0.29, 0.717) is 19.5 Å². The third kappa shape index (κ3) is 5.43. The van der Waals surface area contributed by atoms with Crippen molar-refractivity contribution in [1.29, 1.82) is 0 Å². The first-order valence-electron chi connectivity index (χ1n) is 10.0. The zero-order valence-corrected chi connectivity index (χ0v) is 18.6. The molecule has 0 aliphatic carbocycles. The molecule has 30 heavy (non-hydrogen) atoms. The molecule has 3 nitrogen and oxygen atoms in total. The van der Waals surface area contributed by atoms with Gasteiger partial charge in [0, 0.05) is 27.2 Å². The maximum atomic E-state index is 13.2. The normalized spacial score (nSPS) is 10.8. The van der Waals surface area contributed by atoms with Crippen LogP contribution in [-0.4, -0.2) is 22.3 Å². The van der Waals surface area contributed by atoms with Crippen LogP contribution < -0.4 is 0 Å². The number of hydrogen-bond acceptors (Lipinski definition) is 4. The first-order valence-corrected chi connectivity index (χ1v) is 11.7. The van der Waals surface area contributed by atoms with E-state index >= 15 is 0 Å². The Hall–Kier alpha value is -2.76. The Morgan fingerprint density at radius 2 is 1.70 bits per heavy atom. The maximum Gasteiger partial charge on any atom is 0.228 e. The van der Waals surface area contributed by atoms with Crippen LogP contribution in [0.5, 0.6) is 0 Å². The van der Waals surface area contributed by atoms with Crippen LogP contribution in [0.3, 0.4) is 0 Å². The number of thiazole rings is 1. The summed E-state index contributed by atoms with van der Waals surface area (Å²) in [5.74, 6) is 0.127. The molecule has 5 heteroatoms. The monoisotopic (exact) mass is 432 g/mol. The minimum Gasteiger partial charge on any atom is -0.337 e. The van der Waals surface area contributed by atoms with Crippen molar-refractivity contribution in [2.24, 2.45) is 0 Å². The van der Waals surface area contributed by atoms with Gasteiger partial charge in [0.25, 0.3) is 0 Å². The highest BCUT2D eigenvalue weighted by atomic mass is 32.1. The summed E-state index contributed by atoms with van der Waals surface area (Å²) in [4.78, 5) is 22.4. The van der Waals surface area contributed by atoms with Crippen LogP contribution in [0.2, 0.25) is 0 Å². The number of thiophene rings is 1. The topological polar surface area (TPSA) is 33.2 Å². The van der Waals surface area contributed by atoms with E-state index in [9.17, 15) is 4.79 Å². The molecule has 1 amide bonds. The molecule has 2 heterocycles. The highest BCUT2D eigenvalue weighted by molar-refractivity contribution is 7.13. The lowest BCUT2D eigenvalue weighted by molar-refractivity contribution is -0.131. The number of carbonyl (C=O) groups excluding carboxylic acids is 1. The van der Waals surface area contributed by atoms with Crippen LogP contribution >= 0.6 is 22.7 Å². The fourth-order valence-electron chi connectivity index (χ4n) is 3.33. The zero-order chi connectivity index (χ0) is 20.8. The third-order valence-electron chi connectivity index (χ3n) is 4.91. The molecule has 152 valence electrons. The van der Waals surface area contributed by atoms with Crippen LogP contribution in [0.15, 0.2) is 78.2 Å². The molecule has 4 aromatic rings. The fraction of sp³-hybridized carbons (Fsp3) is 0.200. The van der Waals surface area contributed by atoms with Crippen molar-refractivity contribution >= 4 is 28.6 Å². The number of amides is 1. The largest absolute Gasteiger partial charge is 0.337 e. The van der Waals surface area contributed by atoms with Crippen LogP contribution in [-0.2, 0) is 24.2 Å². The van der Waals surface area contributed by atoms with E-state index in [2.05, 4.69) is 43.3 Å². The maximum absolute atomic E-state index is 13.2. The van der Waals surface area contributed by atoms with Gasteiger partial charge in [-0.3, -0.25) is 4.79 Å². The molecular formula is C25H24N2OS2. The predicted molar refractivity (Wildman–Crippen MR) is 126 cm³/mol. The van der Waals surface area contributed by atoms with Crippen molar-refractivity contribution in [3.05, 3.63) is 99.2 Å². The van der Waals surface area contributed by atoms with Gasteiger partial charge in [-0.1, -0.05) is 60.7 Å². The Labute approximate surface area is 185 Å². The molecule has 0 atom stereocenters. The minimum absolute atomic E-state index is 0.127. The van der Waals surface area contributed by atoms with E-state index in [1.165, 1.54) is 15.3 Å². The summed E-state index contributed by atoms with van der Waals surface area (Å²) in [5, 5.41) is 2.97. The van der Waals surface area contributed by atoms with E-state index in [1.807, 2.05) is 46.7 Å². The van der Waals surface area contributed by atoms with Gasteiger partial charge in [-0.25, -0.2) is 4.98 Å². The van der Waals surface area contributed by atoms with Gasteiger partial charge in [0.15, 0.2) is 0 Å². The van der Waals surface area contributed by atoms with E-state index in [1.54, 1.807) is 22.7 Å².